The molecule has 2 aromatic rings. The van der Waals surface area contributed by atoms with Gasteiger partial charge in [-0.25, -0.2) is 4.79 Å². The Morgan fingerprint density at radius 2 is 1.97 bits per heavy atom. The lowest BCUT2D eigenvalue weighted by atomic mass is 9.84. The quantitative estimate of drug-likeness (QED) is 0.615. The molecule has 1 atom stereocenters. The van der Waals surface area contributed by atoms with Crippen molar-refractivity contribution < 1.29 is 28.6 Å². The number of urea groups is 1. The summed E-state index contributed by atoms with van der Waals surface area (Å²) in [4.78, 5) is 39.8. The Morgan fingerprint density at radius 1 is 1.17 bits per heavy atom. The molecular formula is C21H20N2O6. The smallest absolute Gasteiger partial charge is 0.325 e. The number of fused-ring (bicyclic) bond motifs is 2. The van der Waals surface area contributed by atoms with Gasteiger partial charge in [0.1, 0.15) is 17.2 Å². The Bertz CT molecular complexity index is 1000. The molecule has 29 heavy (non-hydrogen) atoms. The fourth-order valence-corrected chi connectivity index (χ4v) is 3.78. The van der Waals surface area contributed by atoms with Crippen LogP contribution in [-0.4, -0.2) is 50.0 Å². The number of ether oxygens (including phenoxy) is 3. The molecule has 2 aliphatic heterocycles. The molecule has 0 radical (unpaired) electrons. The summed E-state index contributed by atoms with van der Waals surface area (Å²) in [7, 11) is 2.93. The highest BCUT2D eigenvalue weighted by atomic mass is 16.5. The standard InChI is InChI=1S/C21H20N2O6/c1-27-13-7-8-17(28-2)14(11-13)16(24)12-23-19(25)21(22-20(23)26)9-10-29-18-6-4-3-5-15(18)21/h3-8,11H,9-10,12H2,1-2H3,(H,22,26). The molecule has 0 bridgehead atoms. The predicted octanol–water partition coefficient (Wildman–Crippen LogP) is 2.12. The minimum absolute atomic E-state index is 0.237. The molecule has 1 fully saturated rings. The molecule has 8 nitrogen and oxygen atoms in total. The van der Waals surface area contributed by atoms with E-state index in [4.69, 9.17) is 14.2 Å². The SMILES string of the molecule is COc1ccc(OC)c(C(=O)CN2C(=O)NC3(CCOc4ccccc43)C2=O)c1. The van der Waals surface area contributed by atoms with E-state index in [1.807, 2.05) is 0 Å². The molecule has 1 N–H and O–H groups in total. The van der Waals surface area contributed by atoms with Gasteiger partial charge >= 0.3 is 6.03 Å². The number of nitrogens with one attached hydrogen (secondary N) is 1. The highest BCUT2D eigenvalue weighted by molar-refractivity contribution is 6.12. The predicted molar refractivity (Wildman–Crippen MR) is 102 cm³/mol. The van der Waals surface area contributed by atoms with Crippen molar-refractivity contribution in [2.24, 2.45) is 0 Å². The van der Waals surface area contributed by atoms with Crippen LogP contribution in [0.25, 0.3) is 0 Å². The van der Waals surface area contributed by atoms with Crippen LogP contribution in [0, 0.1) is 0 Å². The summed E-state index contributed by atoms with van der Waals surface area (Å²) in [5.41, 5.74) is -0.385. The maximum atomic E-state index is 13.3. The number of nitrogens with zero attached hydrogens (tertiary/aromatic N) is 1. The van der Waals surface area contributed by atoms with Gasteiger partial charge in [-0.2, -0.15) is 0 Å². The van der Waals surface area contributed by atoms with Gasteiger partial charge in [0.2, 0.25) is 0 Å². The molecule has 0 aliphatic carbocycles. The topological polar surface area (TPSA) is 94.2 Å². The molecule has 150 valence electrons. The van der Waals surface area contributed by atoms with Gasteiger partial charge in [0.15, 0.2) is 11.3 Å². The zero-order chi connectivity index (χ0) is 20.6. The van der Waals surface area contributed by atoms with Crippen molar-refractivity contribution in [2.45, 2.75) is 12.0 Å². The number of imide groups is 1. The van der Waals surface area contributed by atoms with Gasteiger partial charge in [-0.15, -0.1) is 0 Å². The Kier molecular flexibility index (Phi) is 4.62. The second-order valence-corrected chi connectivity index (χ2v) is 6.81. The monoisotopic (exact) mass is 396 g/mol. The molecular weight excluding hydrogens is 376 g/mol. The maximum absolute atomic E-state index is 13.3. The van der Waals surface area contributed by atoms with E-state index >= 15 is 0 Å². The van der Waals surface area contributed by atoms with Crippen LogP contribution in [0.3, 0.4) is 0 Å². The van der Waals surface area contributed by atoms with Crippen molar-refractivity contribution in [3.63, 3.8) is 0 Å². The summed E-state index contributed by atoms with van der Waals surface area (Å²) in [6, 6.07) is 11.3. The third-order valence-corrected chi connectivity index (χ3v) is 5.27. The van der Waals surface area contributed by atoms with E-state index in [1.165, 1.54) is 20.3 Å². The van der Waals surface area contributed by atoms with Crippen LogP contribution in [0.4, 0.5) is 4.79 Å². The summed E-state index contributed by atoms with van der Waals surface area (Å²) in [6.07, 6.45) is 0.293. The fraction of sp³-hybridized carbons (Fsp3) is 0.286. The Morgan fingerprint density at radius 3 is 2.72 bits per heavy atom. The van der Waals surface area contributed by atoms with E-state index in [1.54, 1.807) is 36.4 Å². The summed E-state index contributed by atoms with van der Waals surface area (Å²) in [5, 5.41) is 2.78. The van der Waals surface area contributed by atoms with Gasteiger partial charge in [0, 0.05) is 12.0 Å². The Balaban J connectivity index is 1.64. The van der Waals surface area contributed by atoms with Gasteiger partial charge < -0.3 is 19.5 Å². The first-order valence-electron chi connectivity index (χ1n) is 9.12. The molecule has 0 aromatic heterocycles. The molecule has 1 spiro atoms. The molecule has 2 aromatic carbocycles. The molecule has 1 saturated heterocycles. The van der Waals surface area contributed by atoms with Crippen molar-refractivity contribution in [3.05, 3.63) is 53.6 Å². The summed E-state index contributed by atoms with van der Waals surface area (Å²) in [5.74, 6) is 0.473. The number of carbonyl (C=O) groups is 3. The number of hydrogen-bond donors (Lipinski definition) is 1. The minimum Gasteiger partial charge on any atom is -0.497 e. The number of ketones is 1. The first kappa shape index (κ1) is 18.8. The third kappa shape index (κ3) is 2.97. The van der Waals surface area contributed by atoms with Gasteiger partial charge in [0.25, 0.3) is 5.91 Å². The van der Waals surface area contributed by atoms with Crippen molar-refractivity contribution in [1.82, 2.24) is 10.2 Å². The Labute approximate surface area is 167 Å². The average Bonchev–Trinajstić information content (AvgIpc) is 2.98. The number of Topliss-reactive ketones (excluding diaryl/α,β-unsaturated/α-hetero) is 1. The van der Waals surface area contributed by atoms with Crippen LogP contribution >= 0.6 is 0 Å². The van der Waals surface area contributed by atoms with Gasteiger partial charge in [-0.05, 0) is 24.3 Å². The fourth-order valence-electron chi connectivity index (χ4n) is 3.78. The van der Waals surface area contributed by atoms with E-state index in [9.17, 15) is 14.4 Å². The largest absolute Gasteiger partial charge is 0.497 e. The van der Waals surface area contributed by atoms with Gasteiger partial charge in [0.05, 0.1) is 32.9 Å². The second kappa shape index (κ2) is 7.12. The van der Waals surface area contributed by atoms with E-state index in [0.29, 0.717) is 29.2 Å². The van der Waals surface area contributed by atoms with Crippen molar-refractivity contribution >= 4 is 17.7 Å². The lowest BCUT2D eigenvalue weighted by molar-refractivity contribution is -0.132. The van der Waals surface area contributed by atoms with Crippen LogP contribution in [-0.2, 0) is 10.3 Å². The molecule has 1 unspecified atom stereocenters. The number of carbonyl (C=O) groups excluding carboxylic acids is 3. The summed E-state index contributed by atoms with van der Waals surface area (Å²) in [6.45, 7) is -0.118. The normalized spacial score (nSPS) is 20.1. The first-order valence-corrected chi connectivity index (χ1v) is 9.12. The molecule has 3 amide bonds. The number of rotatable bonds is 5. The molecule has 0 saturated carbocycles. The number of para-hydroxylation sites is 1. The lowest BCUT2D eigenvalue weighted by Gasteiger charge is -2.33. The average molecular weight is 396 g/mol. The van der Waals surface area contributed by atoms with Crippen LogP contribution in [0.1, 0.15) is 22.3 Å². The molecule has 8 heteroatoms. The number of benzene rings is 2. The summed E-state index contributed by atoms with van der Waals surface area (Å²) < 4.78 is 16.0. The molecule has 2 aliphatic rings. The number of methoxy groups -OCH3 is 2. The van der Waals surface area contributed by atoms with Crippen LogP contribution in [0.15, 0.2) is 42.5 Å². The first-order chi connectivity index (χ1) is 14.0. The van der Waals surface area contributed by atoms with Crippen LogP contribution < -0.4 is 19.5 Å². The van der Waals surface area contributed by atoms with E-state index in [0.717, 1.165) is 4.90 Å². The van der Waals surface area contributed by atoms with E-state index in [-0.39, 0.29) is 12.2 Å². The van der Waals surface area contributed by atoms with E-state index in [2.05, 4.69) is 5.32 Å². The number of hydrogen-bond acceptors (Lipinski definition) is 6. The third-order valence-electron chi connectivity index (χ3n) is 5.27. The zero-order valence-corrected chi connectivity index (χ0v) is 16.1. The van der Waals surface area contributed by atoms with Gasteiger partial charge in [-0.3, -0.25) is 14.5 Å². The Hall–Kier alpha value is -3.55. The number of amides is 3. The van der Waals surface area contributed by atoms with Crippen molar-refractivity contribution in [3.8, 4) is 17.2 Å². The highest BCUT2D eigenvalue weighted by Gasteiger charge is 2.55. The highest BCUT2D eigenvalue weighted by Crippen LogP contribution is 2.41. The maximum Gasteiger partial charge on any atom is 0.325 e. The van der Waals surface area contributed by atoms with Crippen LogP contribution in [0.5, 0.6) is 17.2 Å². The van der Waals surface area contributed by atoms with Crippen molar-refractivity contribution in [1.29, 1.82) is 0 Å². The molecule has 4 rings (SSSR count). The zero-order valence-electron chi connectivity index (χ0n) is 16.1. The second-order valence-electron chi connectivity index (χ2n) is 6.81. The minimum atomic E-state index is -1.22. The van der Waals surface area contributed by atoms with Crippen molar-refractivity contribution in [2.75, 3.05) is 27.4 Å². The molecule has 2 heterocycles. The van der Waals surface area contributed by atoms with Crippen LogP contribution in [0.2, 0.25) is 0 Å². The lowest BCUT2D eigenvalue weighted by Crippen LogP contribution is -2.47. The van der Waals surface area contributed by atoms with Gasteiger partial charge in [-0.1, -0.05) is 18.2 Å². The van der Waals surface area contributed by atoms with E-state index < -0.39 is 29.8 Å². The summed E-state index contributed by atoms with van der Waals surface area (Å²) >= 11 is 0.